The number of aliphatic hydroxyl groups is 1. The van der Waals surface area contributed by atoms with Gasteiger partial charge in [-0.3, -0.25) is 4.79 Å². The molecule has 0 aliphatic heterocycles. The number of amides is 1. The number of halogens is 1. The fourth-order valence-corrected chi connectivity index (χ4v) is 3.30. The highest BCUT2D eigenvalue weighted by Crippen LogP contribution is 2.35. The van der Waals surface area contributed by atoms with E-state index in [0.717, 1.165) is 6.42 Å². The second-order valence-electron chi connectivity index (χ2n) is 7.37. The zero-order valence-corrected chi connectivity index (χ0v) is 18.8. The molecular formula is C23H24ClN5O3. The summed E-state index contributed by atoms with van der Waals surface area (Å²) in [4.78, 5) is 15.1. The lowest BCUT2D eigenvalue weighted by molar-refractivity contribution is -0.116. The highest BCUT2D eigenvalue weighted by molar-refractivity contribution is 6.34. The van der Waals surface area contributed by atoms with Crippen molar-refractivity contribution in [3.8, 4) is 11.5 Å². The highest BCUT2D eigenvalue weighted by Gasteiger charge is 2.25. The van der Waals surface area contributed by atoms with Crippen LogP contribution in [0.2, 0.25) is 5.02 Å². The third-order valence-corrected chi connectivity index (χ3v) is 5.36. The zero-order chi connectivity index (χ0) is 23.3. The predicted octanol–water partition coefficient (Wildman–Crippen LogP) is 5.52. The van der Waals surface area contributed by atoms with Gasteiger partial charge in [0.05, 0.1) is 17.7 Å². The Morgan fingerprint density at radius 2 is 1.97 bits per heavy atom. The summed E-state index contributed by atoms with van der Waals surface area (Å²) < 4.78 is 5.83. The van der Waals surface area contributed by atoms with E-state index in [1.165, 1.54) is 0 Å². The van der Waals surface area contributed by atoms with E-state index in [2.05, 4.69) is 25.7 Å². The van der Waals surface area contributed by atoms with Gasteiger partial charge < -0.3 is 20.2 Å². The van der Waals surface area contributed by atoms with Crippen molar-refractivity contribution in [1.29, 1.82) is 0 Å². The van der Waals surface area contributed by atoms with E-state index in [4.69, 9.17) is 22.6 Å². The molecule has 0 fully saturated rings. The quantitative estimate of drug-likeness (QED) is 0.388. The molecule has 2 atom stereocenters. The number of aliphatic hydroxyl groups excluding tert-OH is 1. The predicted molar refractivity (Wildman–Crippen MR) is 124 cm³/mol. The van der Waals surface area contributed by atoms with Gasteiger partial charge in [-0.2, -0.15) is 0 Å². The summed E-state index contributed by atoms with van der Waals surface area (Å²) in [6, 6.07) is 9.74. The minimum Gasteiger partial charge on any atom is -0.418 e. The molecule has 1 aromatic heterocycles. The summed E-state index contributed by atoms with van der Waals surface area (Å²) in [7, 11) is 0. The SMILES string of the molecule is [C-]#[N+]c1ccc(N[C@@H](c2nnc(-c3ccc(NC(=O)CCC)cc3)o2)[C@@H](C)O)c(C)c1Cl. The second-order valence-corrected chi connectivity index (χ2v) is 7.74. The number of hydrogen-bond acceptors (Lipinski definition) is 6. The van der Waals surface area contributed by atoms with Crippen molar-refractivity contribution < 1.29 is 14.3 Å². The van der Waals surface area contributed by atoms with Crippen molar-refractivity contribution in [3.05, 3.63) is 64.3 Å². The third kappa shape index (κ3) is 5.25. The van der Waals surface area contributed by atoms with Gasteiger partial charge in [-0.05, 0) is 56.2 Å². The first-order chi connectivity index (χ1) is 15.3. The van der Waals surface area contributed by atoms with Gasteiger partial charge in [0.25, 0.3) is 0 Å². The molecule has 3 N–H and O–H groups in total. The monoisotopic (exact) mass is 453 g/mol. The molecule has 1 heterocycles. The van der Waals surface area contributed by atoms with Crippen LogP contribution in [0.5, 0.6) is 0 Å². The van der Waals surface area contributed by atoms with Gasteiger partial charge in [-0.25, -0.2) is 4.85 Å². The van der Waals surface area contributed by atoms with Crippen LogP contribution in [0.25, 0.3) is 16.3 Å². The molecule has 0 spiro atoms. The Kier molecular flexibility index (Phi) is 7.46. The van der Waals surface area contributed by atoms with Gasteiger partial charge in [0.1, 0.15) is 6.04 Å². The van der Waals surface area contributed by atoms with Crippen molar-refractivity contribution in [2.75, 3.05) is 10.6 Å². The molecule has 0 aliphatic rings. The average Bonchev–Trinajstić information content (AvgIpc) is 3.25. The first kappa shape index (κ1) is 23.3. The molecule has 1 amide bonds. The van der Waals surface area contributed by atoms with Gasteiger partial charge in [-0.1, -0.05) is 24.6 Å². The second kappa shape index (κ2) is 10.3. The van der Waals surface area contributed by atoms with Crippen LogP contribution in [0.15, 0.2) is 40.8 Å². The highest BCUT2D eigenvalue weighted by atomic mass is 35.5. The maximum Gasteiger partial charge on any atom is 0.247 e. The Labute approximate surface area is 191 Å². The van der Waals surface area contributed by atoms with Crippen LogP contribution in [-0.4, -0.2) is 27.3 Å². The Bertz CT molecular complexity index is 1140. The van der Waals surface area contributed by atoms with Gasteiger partial charge in [0.2, 0.25) is 23.4 Å². The topological polar surface area (TPSA) is 105 Å². The minimum absolute atomic E-state index is 0.0361. The van der Waals surface area contributed by atoms with E-state index in [1.54, 1.807) is 50.2 Å². The standard InChI is InChI=1S/C23H24ClN5O3/c1-5-6-19(31)26-16-9-7-15(8-10-16)22-28-29-23(32-22)21(14(3)30)27-17-11-12-18(25-4)20(24)13(17)2/h7-12,14,21,27,30H,5-6H2,1-3H3,(H,26,31)/t14-,21-/m1/s1. The molecule has 0 radical (unpaired) electrons. The molecule has 0 aliphatic carbocycles. The molecule has 0 unspecified atom stereocenters. The molecule has 0 saturated heterocycles. The van der Waals surface area contributed by atoms with E-state index in [9.17, 15) is 9.90 Å². The van der Waals surface area contributed by atoms with E-state index < -0.39 is 12.1 Å². The van der Waals surface area contributed by atoms with E-state index in [0.29, 0.717) is 39.6 Å². The number of carbonyl (C=O) groups excluding carboxylic acids is 1. The van der Waals surface area contributed by atoms with Gasteiger partial charge in [0.15, 0.2) is 0 Å². The maximum atomic E-state index is 11.7. The van der Waals surface area contributed by atoms with Crippen molar-refractivity contribution in [2.24, 2.45) is 0 Å². The molecule has 0 saturated carbocycles. The van der Waals surface area contributed by atoms with Crippen LogP contribution in [0.4, 0.5) is 17.1 Å². The van der Waals surface area contributed by atoms with Crippen LogP contribution < -0.4 is 10.6 Å². The maximum absolute atomic E-state index is 11.7. The number of carbonyl (C=O) groups is 1. The van der Waals surface area contributed by atoms with Crippen LogP contribution >= 0.6 is 11.6 Å². The molecule has 3 rings (SSSR count). The number of anilines is 2. The summed E-state index contributed by atoms with van der Waals surface area (Å²) in [6.07, 6.45) is 0.398. The van der Waals surface area contributed by atoms with Crippen molar-refractivity contribution in [3.63, 3.8) is 0 Å². The fourth-order valence-electron chi connectivity index (χ4n) is 3.09. The van der Waals surface area contributed by atoms with Crippen LogP contribution in [0.3, 0.4) is 0 Å². The zero-order valence-electron chi connectivity index (χ0n) is 18.0. The van der Waals surface area contributed by atoms with E-state index >= 15 is 0 Å². The molecule has 32 heavy (non-hydrogen) atoms. The van der Waals surface area contributed by atoms with E-state index in [-0.39, 0.29) is 17.7 Å². The van der Waals surface area contributed by atoms with Crippen molar-refractivity contribution >= 4 is 34.6 Å². The first-order valence-corrected chi connectivity index (χ1v) is 10.6. The summed E-state index contributed by atoms with van der Waals surface area (Å²) >= 11 is 6.26. The molecule has 0 bridgehead atoms. The molecule has 166 valence electrons. The lowest BCUT2D eigenvalue weighted by atomic mass is 10.1. The lowest BCUT2D eigenvalue weighted by Crippen LogP contribution is -2.23. The first-order valence-electron chi connectivity index (χ1n) is 10.2. The smallest absolute Gasteiger partial charge is 0.247 e. The van der Waals surface area contributed by atoms with Crippen molar-refractivity contribution in [2.45, 2.75) is 45.8 Å². The van der Waals surface area contributed by atoms with Crippen LogP contribution in [0, 0.1) is 13.5 Å². The molecule has 3 aromatic rings. The summed E-state index contributed by atoms with van der Waals surface area (Å²) in [5.74, 6) is 0.461. The summed E-state index contributed by atoms with van der Waals surface area (Å²) in [5.41, 5.74) is 3.07. The van der Waals surface area contributed by atoms with Gasteiger partial charge >= 0.3 is 0 Å². The lowest BCUT2D eigenvalue weighted by Gasteiger charge is -2.21. The fraction of sp³-hybridized carbons (Fsp3) is 0.304. The number of nitrogens with one attached hydrogen (secondary N) is 2. The Morgan fingerprint density at radius 3 is 2.59 bits per heavy atom. The van der Waals surface area contributed by atoms with Crippen molar-refractivity contribution in [1.82, 2.24) is 10.2 Å². The number of nitrogens with zero attached hydrogens (tertiary/aromatic N) is 3. The molecule has 8 nitrogen and oxygen atoms in total. The Hall–Kier alpha value is -3.41. The number of hydrogen-bond donors (Lipinski definition) is 3. The largest absolute Gasteiger partial charge is 0.418 e. The normalized spacial score (nSPS) is 12.6. The minimum atomic E-state index is -0.849. The molecule has 9 heteroatoms. The van der Waals surface area contributed by atoms with Crippen LogP contribution in [0.1, 0.15) is 44.2 Å². The average molecular weight is 454 g/mol. The number of aromatic nitrogens is 2. The van der Waals surface area contributed by atoms with Crippen LogP contribution in [-0.2, 0) is 4.79 Å². The third-order valence-electron chi connectivity index (χ3n) is 4.88. The summed E-state index contributed by atoms with van der Waals surface area (Å²) in [5, 5.41) is 24.9. The summed E-state index contributed by atoms with van der Waals surface area (Å²) in [6.45, 7) is 12.5. The number of rotatable bonds is 8. The van der Waals surface area contributed by atoms with Gasteiger partial charge in [-0.15, -0.1) is 10.2 Å². The van der Waals surface area contributed by atoms with E-state index in [1.807, 2.05) is 6.92 Å². The van der Waals surface area contributed by atoms with Gasteiger partial charge in [0, 0.05) is 23.4 Å². The Balaban J connectivity index is 1.80. The molecule has 2 aromatic carbocycles. The number of benzene rings is 2. The molecular weight excluding hydrogens is 430 g/mol. The Morgan fingerprint density at radius 1 is 1.25 bits per heavy atom.